The summed E-state index contributed by atoms with van der Waals surface area (Å²) in [4.78, 5) is 16.7. The summed E-state index contributed by atoms with van der Waals surface area (Å²) in [7, 11) is -1.84. The van der Waals surface area contributed by atoms with Crippen LogP contribution in [0.4, 0.5) is 15.8 Å². The second-order valence-corrected chi connectivity index (χ2v) is 9.50. The van der Waals surface area contributed by atoms with Crippen molar-refractivity contribution in [3.8, 4) is 0 Å². The summed E-state index contributed by atoms with van der Waals surface area (Å²) in [5.41, 5.74) is 1.13. The third kappa shape index (κ3) is 5.17. The smallest absolute Gasteiger partial charge is 0.224 e. The van der Waals surface area contributed by atoms with Gasteiger partial charge in [-0.25, -0.2) is 12.8 Å². The summed E-state index contributed by atoms with van der Waals surface area (Å²) in [6.07, 6.45) is 1.96. The number of rotatable bonds is 6. The molecule has 2 aromatic rings. The molecule has 0 aliphatic carbocycles. The Bertz CT molecular complexity index is 993. The molecule has 0 spiro atoms. The maximum absolute atomic E-state index is 13.3. The summed E-state index contributed by atoms with van der Waals surface area (Å²) >= 11 is 0. The molecule has 0 bridgehead atoms. The standard InChI is InChI=1S/C22H28FN3O3S/c1-3-5-22(27)24-20-16-18(26-13-4-12-25(2)14-15-26)8-11-21(20)30(28,29)19-9-6-17(23)7-10-19/h6-11,16H,3-5,12-15H2,1-2H3,(H,24,27). The van der Waals surface area contributed by atoms with Crippen LogP contribution in [0.1, 0.15) is 26.2 Å². The number of halogens is 1. The lowest BCUT2D eigenvalue weighted by Crippen LogP contribution is -2.29. The zero-order valence-electron chi connectivity index (χ0n) is 17.4. The summed E-state index contributed by atoms with van der Waals surface area (Å²) in [6, 6.07) is 9.74. The molecule has 6 nitrogen and oxygen atoms in total. The Kier molecular flexibility index (Phi) is 7.10. The van der Waals surface area contributed by atoms with Crippen LogP contribution in [0.15, 0.2) is 52.3 Å². The summed E-state index contributed by atoms with van der Waals surface area (Å²) in [5, 5.41) is 2.77. The maximum atomic E-state index is 13.3. The Morgan fingerprint density at radius 2 is 1.80 bits per heavy atom. The molecule has 1 fully saturated rings. The van der Waals surface area contributed by atoms with Crippen LogP contribution in [0.25, 0.3) is 0 Å². The molecule has 1 N–H and O–H groups in total. The molecule has 0 atom stereocenters. The molecule has 162 valence electrons. The van der Waals surface area contributed by atoms with E-state index in [0.29, 0.717) is 12.8 Å². The summed E-state index contributed by atoms with van der Waals surface area (Å²) in [6.45, 7) is 5.49. The summed E-state index contributed by atoms with van der Waals surface area (Å²) < 4.78 is 39.7. The Balaban J connectivity index is 2.01. The van der Waals surface area contributed by atoms with Gasteiger partial charge in [0.05, 0.1) is 15.5 Å². The molecule has 1 saturated heterocycles. The predicted octanol–water partition coefficient (Wildman–Crippen LogP) is 3.54. The van der Waals surface area contributed by atoms with E-state index in [9.17, 15) is 17.6 Å². The van der Waals surface area contributed by atoms with Crippen LogP contribution in [-0.4, -0.2) is 52.5 Å². The number of likely N-dealkylation sites (N-methyl/N-ethyl adjacent to an activating group) is 1. The Hall–Kier alpha value is -2.45. The largest absolute Gasteiger partial charge is 0.370 e. The zero-order chi connectivity index (χ0) is 21.7. The minimum atomic E-state index is -3.92. The SMILES string of the molecule is CCCC(=O)Nc1cc(N2CCCN(C)CC2)ccc1S(=O)(=O)c1ccc(F)cc1. The highest BCUT2D eigenvalue weighted by molar-refractivity contribution is 7.91. The highest BCUT2D eigenvalue weighted by atomic mass is 32.2. The van der Waals surface area contributed by atoms with Crippen LogP contribution in [-0.2, 0) is 14.6 Å². The molecule has 1 heterocycles. The van der Waals surface area contributed by atoms with Crippen molar-refractivity contribution in [2.45, 2.75) is 36.0 Å². The second kappa shape index (κ2) is 9.57. The topological polar surface area (TPSA) is 69.7 Å². The van der Waals surface area contributed by atoms with E-state index < -0.39 is 15.7 Å². The van der Waals surface area contributed by atoms with Crippen LogP contribution in [0.5, 0.6) is 0 Å². The molecule has 30 heavy (non-hydrogen) atoms. The fraction of sp³-hybridized carbons (Fsp3) is 0.409. The first kappa shape index (κ1) is 22.2. The van der Waals surface area contributed by atoms with Gasteiger partial charge in [-0.15, -0.1) is 0 Å². The monoisotopic (exact) mass is 433 g/mol. The molecular formula is C22H28FN3O3S. The van der Waals surface area contributed by atoms with Crippen LogP contribution in [0.2, 0.25) is 0 Å². The molecule has 0 aromatic heterocycles. The Morgan fingerprint density at radius 1 is 1.07 bits per heavy atom. The lowest BCUT2D eigenvalue weighted by Gasteiger charge is -2.24. The van der Waals surface area contributed by atoms with E-state index in [1.165, 1.54) is 18.2 Å². The van der Waals surface area contributed by atoms with Gasteiger partial charge in [0.2, 0.25) is 15.7 Å². The van der Waals surface area contributed by atoms with E-state index in [1.807, 2.05) is 6.92 Å². The van der Waals surface area contributed by atoms with E-state index in [0.717, 1.165) is 50.4 Å². The van der Waals surface area contributed by atoms with Crippen LogP contribution in [0.3, 0.4) is 0 Å². The van der Waals surface area contributed by atoms with E-state index in [4.69, 9.17) is 0 Å². The van der Waals surface area contributed by atoms with E-state index in [-0.39, 0.29) is 21.4 Å². The van der Waals surface area contributed by atoms with Gasteiger partial charge in [0.1, 0.15) is 5.82 Å². The normalized spacial score (nSPS) is 15.6. The summed E-state index contributed by atoms with van der Waals surface area (Å²) in [5.74, 6) is -0.743. The van der Waals surface area contributed by atoms with Crippen LogP contribution in [0, 0.1) is 5.82 Å². The van der Waals surface area contributed by atoms with Gasteiger partial charge >= 0.3 is 0 Å². The lowest BCUT2D eigenvalue weighted by molar-refractivity contribution is -0.116. The zero-order valence-corrected chi connectivity index (χ0v) is 18.2. The third-order valence-corrected chi connectivity index (χ3v) is 7.04. The van der Waals surface area contributed by atoms with Crippen molar-refractivity contribution in [2.24, 2.45) is 0 Å². The number of hydrogen-bond donors (Lipinski definition) is 1. The van der Waals surface area contributed by atoms with Crippen molar-refractivity contribution in [1.29, 1.82) is 0 Å². The van der Waals surface area contributed by atoms with Gasteiger partial charge in [0.15, 0.2) is 0 Å². The Morgan fingerprint density at radius 3 is 2.50 bits per heavy atom. The first-order valence-electron chi connectivity index (χ1n) is 10.2. The van der Waals surface area contributed by atoms with Crippen LogP contribution < -0.4 is 10.2 Å². The first-order chi connectivity index (χ1) is 14.3. The number of amides is 1. The van der Waals surface area contributed by atoms with Gasteiger partial charge in [0.25, 0.3) is 0 Å². The number of nitrogens with one attached hydrogen (secondary N) is 1. The van der Waals surface area contributed by atoms with Gasteiger partial charge < -0.3 is 15.1 Å². The van der Waals surface area contributed by atoms with Gasteiger partial charge in [-0.3, -0.25) is 4.79 Å². The molecule has 1 aliphatic rings. The third-order valence-electron chi connectivity index (χ3n) is 5.21. The molecule has 2 aromatic carbocycles. The number of benzene rings is 2. The van der Waals surface area contributed by atoms with Crippen molar-refractivity contribution in [1.82, 2.24) is 4.90 Å². The molecule has 0 saturated carbocycles. The fourth-order valence-corrected chi connectivity index (χ4v) is 4.93. The van der Waals surface area contributed by atoms with Gasteiger partial charge in [-0.05, 0) is 68.9 Å². The molecular weight excluding hydrogens is 405 g/mol. The molecule has 0 unspecified atom stereocenters. The number of hydrogen-bond acceptors (Lipinski definition) is 5. The quantitative estimate of drug-likeness (QED) is 0.706. The van der Waals surface area contributed by atoms with E-state index in [1.54, 1.807) is 12.1 Å². The Labute approximate surface area is 177 Å². The molecule has 1 amide bonds. The number of sulfone groups is 1. The number of carbonyl (C=O) groups is 1. The van der Waals surface area contributed by atoms with Gasteiger partial charge in [0, 0.05) is 31.7 Å². The fourth-order valence-electron chi connectivity index (χ4n) is 3.53. The van der Waals surface area contributed by atoms with Crippen molar-refractivity contribution >= 4 is 27.1 Å². The highest BCUT2D eigenvalue weighted by Gasteiger charge is 2.24. The van der Waals surface area contributed by atoms with Gasteiger partial charge in [-0.1, -0.05) is 6.92 Å². The maximum Gasteiger partial charge on any atom is 0.224 e. The average molecular weight is 434 g/mol. The number of carbonyl (C=O) groups excluding carboxylic acids is 1. The van der Waals surface area contributed by atoms with E-state index >= 15 is 0 Å². The minimum Gasteiger partial charge on any atom is -0.370 e. The lowest BCUT2D eigenvalue weighted by atomic mass is 10.2. The highest BCUT2D eigenvalue weighted by Crippen LogP contribution is 2.32. The van der Waals surface area contributed by atoms with E-state index in [2.05, 4.69) is 22.2 Å². The van der Waals surface area contributed by atoms with Crippen molar-refractivity contribution in [2.75, 3.05) is 43.4 Å². The van der Waals surface area contributed by atoms with Gasteiger partial charge in [-0.2, -0.15) is 0 Å². The first-order valence-corrected chi connectivity index (χ1v) is 11.7. The van der Waals surface area contributed by atoms with Crippen molar-refractivity contribution in [3.63, 3.8) is 0 Å². The molecule has 1 aliphatic heterocycles. The molecule has 0 radical (unpaired) electrons. The number of anilines is 2. The molecule has 3 rings (SSSR count). The second-order valence-electron chi connectivity index (χ2n) is 7.58. The average Bonchev–Trinajstić information content (AvgIpc) is 2.93. The molecule has 8 heteroatoms. The van der Waals surface area contributed by atoms with Crippen LogP contribution >= 0.6 is 0 Å². The predicted molar refractivity (Wildman–Crippen MR) is 116 cm³/mol. The number of nitrogens with zero attached hydrogens (tertiary/aromatic N) is 2. The van der Waals surface area contributed by atoms with Crippen molar-refractivity contribution in [3.05, 3.63) is 48.3 Å². The van der Waals surface area contributed by atoms with Crippen molar-refractivity contribution < 1.29 is 17.6 Å². The minimum absolute atomic E-state index is 0.00857.